The van der Waals surface area contributed by atoms with Crippen LogP contribution in [0.3, 0.4) is 0 Å². The van der Waals surface area contributed by atoms with Crippen LogP contribution in [0, 0.1) is 0 Å². The molecule has 1 saturated heterocycles. The molecule has 5 heteroatoms. The number of carbonyl (C=O) groups is 1. The van der Waals surface area contributed by atoms with E-state index in [2.05, 4.69) is 6.58 Å². The van der Waals surface area contributed by atoms with Gasteiger partial charge in [-0.1, -0.05) is 6.08 Å². The van der Waals surface area contributed by atoms with Crippen LogP contribution in [0.2, 0.25) is 0 Å². The van der Waals surface area contributed by atoms with Gasteiger partial charge < -0.3 is 14.6 Å². The van der Waals surface area contributed by atoms with Crippen molar-refractivity contribution >= 4 is 6.09 Å². The summed E-state index contributed by atoms with van der Waals surface area (Å²) in [6.07, 6.45) is 0.120. The van der Waals surface area contributed by atoms with E-state index in [4.69, 9.17) is 9.47 Å². The van der Waals surface area contributed by atoms with Crippen molar-refractivity contribution in [1.29, 1.82) is 0 Å². The van der Waals surface area contributed by atoms with Gasteiger partial charge in [-0.15, -0.1) is 6.58 Å². The molecule has 5 nitrogen and oxygen atoms in total. The predicted octanol–water partition coefficient (Wildman–Crippen LogP) is -0.0420. The highest BCUT2D eigenvalue weighted by Gasteiger charge is 2.37. The number of carbonyl (C=O) groups excluding carboxylic acids is 1. The van der Waals surface area contributed by atoms with Crippen molar-refractivity contribution in [2.75, 3.05) is 20.3 Å². The number of methoxy groups -OCH3 is 1. The van der Waals surface area contributed by atoms with Crippen LogP contribution in [-0.4, -0.2) is 48.7 Å². The molecule has 1 fully saturated rings. The van der Waals surface area contributed by atoms with Crippen LogP contribution in [0.4, 0.5) is 4.79 Å². The van der Waals surface area contributed by atoms with Crippen molar-refractivity contribution < 1.29 is 19.4 Å². The monoisotopic (exact) mass is 187 g/mol. The van der Waals surface area contributed by atoms with Crippen LogP contribution in [-0.2, 0) is 9.47 Å². The number of amides is 1. The van der Waals surface area contributed by atoms with Crippen LogP contribution in [0.25, 0.3) is 0 Å². The van der Waals surface area contributed by atoms with Gasteiger partial charge >= 0.3 is 6.09 Å². The molecule has 0 bridgehead atoms. The highest BCUT2D eigenvalue weighted by molar-refractivity contribution is 5.70. The number of hydrogen-bond acceptors (Lipinski definition) is 4. The average molecular weight is 187 g/mol. The zero-order valence-corrected chi connectivity index (χ0v) is 7.47. The van der Waals surface area contributed by atoms with Gasteiger partial charge in [0.2, 0.25) is 0 Å². The van der Waals surface area contributed by atoms with Gasteiger partial charge in [0.1, 0.15) is 12.6 Å². The van der Waals surface area contributed by atoms with E-state index in [1.807, 2.05) is 0 Å². The van der Waals surface area contributed by atoms with E-state index in [9.17, 15) is 9.90 Å². The Morgan fingerprint density at radius 1 is 2.00 bits per heavy atom. The van der Waals surface area contributed by atoms with Crippen molar-refractivity contribution in [3.05, 3.63) is 12.7 Å². The van der Waals surface area contributed by atoms with E-state index in [-0.39, 0.29) is 6.61 Å². The molecule has 0 aromatic rings. The summed E-state index contributed by atoms with van der Waals surface area (Å²) in [4.78, 5) is 12.5. The Labute approximate surface area is 76.5 Å². The second kappa shape index (κ2) is 4.25. The highest BCUT2D eigenvalue weighted by Crippen LogP contribution is 2.15. The van der Waals surface area contributed by atoms with E-state index in [1.165, 1.54) is 12.0 Å². The summed E-state index contributed by atoms with van der Waals surface area (Å²) in [7, 11) is 1.37. The molecular formula is C8H13NO4. The maximum atomic E-state index is 11.1. The van der Waals surface area contributed by atoms with E-state index in [0.29, 0.717) is 6.54 Å². The van der Waals surface area contributed by atoms with Crippen LogP contribution in [0.5, 0.6) is 0 Å². The number of ether oxygens (including phenoxy) is 2. The first-order valence-corrected chi connectivity index (χ1v) is 3.96. The molecule has 74 valence electrons. The van der Waals surface area contributed by atoms with Crippen molar-refractivity contribution in [1.82, 2.24) is 4.90 Å². The minimum Gasteiger partial charge on any atom is -0.447 e. The van der Waals surface area contributed by atoms with Gasteiger partial charge in [0.25, 0.3) is 0 Å². The van der Waals surface area contributed by atoms with Crippen LogP contribution in [0.1, 0.15) is 0 Å². The van der Waals surface area contributed by atoms with Crippen molar-refractivity contribution in [3.63, 3.8) is 0 Å². The molecule has 13 heavy (non-hydrogen) atoms. The van der Waals surface area contributed by atoms with Crippen LogP contribution in [0.15, 0.2) is 12.7 Å². The molecule has 0 saturated carbocycles. The summed E-state index contributed by atoms with van der Waals surface area (Å²) in [6.45, 7) is 4.01. The number of nitrogens with zero attached hydrogens (tertiary/aromatic N) is 1. The van der Waals surface area contributed by atoms with E-state index >= 15 is 0 Å². The summed E-state index contributed by atoms with van der Waals surface area (Å²) in [5, 5.41) is 9.34. The predicted molar refractivity (Wildman–Crippen MR) is 45.1 cm³/mol. The van der Waals surface area contributed by atoms with Gasteiger partial charge in [0, 0.05) is 13.7 Å². The maximum absolute atomic E-state index is 11.1. The number of hydrogen-bond donors (Lipinski definition) is 1. The fourth-order valence-electron chi connectivity index (χ4n) is 1.21. The van der Waals surface area contributed by atoms with E-state index in [1.54, 1.807) is 6.08 Å². The summed E-state index contributed by atoms with van der Waals surface area (Å²) >= 11 is 0. The lowest BCUT2D eigenvalue weighted by atomic mass is 10.3. The standard InChI is InChI=1S/C8H13NO4/c1-3-4-9-6(7(10)12-2)5-13-8(9)11/h3,6-7,10H,1,4-5H2,2H3. The Hall–Kier alpha value is -1.07. The summed E-state index contributed by atoms with van der Waals surface area (Å²) in [5.74, 6) is 0. The molecule has 1 amide bonds. The molecule has 2 atom stereocenters. The van der Waals surface area contributed by atoms with Gasteiger partial charge in [0.15, 0.2) is 6.29 Å². The van der Waals surface area contributed by atoms with E-state index < -0.39 is 18.4 Å². The second-order valence-electron chi connectivity index (χ2n) is 2.71. The molecule has 1 heterocycles. The third kappa shape index (κ3) is 1.99. The molecule has 1 N–H and O–H groups in total. The first-order chi connectivity index (χ1) is 6.20. The Balaban J connectivity index is 2.63. The lowest BCUT2D eigenvalue weighted by molar-refractivity contribution is -0.110. The second-order valence-corrected chi connectivity index (χ2v) is 2.71. The van der Waals surface area contributed by atoms with Gasteiger partial charge in [-0.3, -0.25) is 4.90 Å². The Kier molecular flexibility index (Phi) is 3.27. The van der Waals surface area contributed by atoms with Crippen molar-refractivity contribution in [2.24, 2.45) is 0 Å². The largest absolute Gasteiger partial charge is 0.447 e. The molecule has 2 unspecified atom stereocenters. The van der Waals surface area contributed by atoms with Gasteiger partial charge in [-0.05, 0) is 0 Å². The maximum Gasteiger partial charge on any atom is 0.410 e. The normalized spacial score (nSPS) is 24.3. The topological polar surface area (TPSA) is 59.0 Å². The molecule has 1 aliphatic heterocycles. The number of cyclic esters (lactones) is 1. The number of rotatable bonds is 4. The fraction of sp³-hybridized carbons (Fsp3) is 0.625. The molecule has 0 aromatic heterocycles. The Morgan fingerprint density at radius 2 is 2.69 bits per heavy atom. The third-order valence-electron chi connectivity index (χ3n) is 1.91. The number of aliphatic hydroxyl groups is 1. The molecule has 0 aliphatic carbocycles. The zero-order chi connectivity index (χ0) is 9.84. The highest BCUT2D eigenvalue weighted by atomic mass is 16.6. The quantitative estimate of drug-likeness (QED) is 0.495. The first kappa shape index (κ1) is 10.0. The van der Waals surface area contributed by atoms with Crippen molar-refractivity contribution in [2.45, 2.75) is 12.3 Å². The molecular weight excluding hydrogens is 174 g/mol. The molecule has 1 rings (SSSR count). The lowest BCUT2D eigenvalue weighted by Crippen LogP contribution is -2.42. The smallest absolute Gasteiger partial charge is 0.410 e. The van der Waals surface area contributed by atoms with Crippen LogP contribution < -0.4 is 0 Å². The summed E-state index contributed by atoms with van der Waals surface area (Å²) < 4.78 is 9.46. The Morgan fingerprint density at radius 3 is 3.23 bits per heavy atom. The summed E-state index contributed by atoms with van der Waals surface area (Å²) in [5.41, 5.74) is 0. The average Bonchev–Trinajstić information content (AvgIpc) is 2.48. The molecule has 0 spiro atoms. The van der Waals surface area contributed by atoms with Crippen LogP contribution >= 0.6 is 0 Å². The molecule has 1 aliphatic rings. The minimum absolute atomic E-state index is 0.154. The van der Waals surface area contributed by atoms with E-state index in [0.717, 1.165) is 0 Å². The molecule has 0 radical (unpaired) electrons. The minimum atomic E-state index is -1.01. The number of aliphatic hydroxyl groups excluding tert-OH is 1. The lowest BCUT2D eigenvalue weighted by Gasteiger charge is -2.22. The first-order valence-electron chi connectivity index (χ1n) is 3.96. The van der Waals surface area contributed by atoms with Gasteiger partial charge in [0.05, 0.1) is 0 Å². The molecule has 0 aromatic carbocycles. The van der Waals surface area contributed by atoms with Gasteiger partial charge in [-0.2, -0.15) is 0 Å². The summed E-state index contributed by atoms with van der Waals surface area (Å²) in [6, 6.07) is -0.435. The fourth-order valence-corrected chi connectivity index (χ4v) is 1.21. The van der Waals surface area contributed by atoms with Gasteiger partial charge in [-0.25, -0.2) is 4.79 Å². The SMILES string of the molecule is C=CCN1C(=O)OCC1C(O)OC. The van der Waals surface area contributed by atoms with Crippen molar-refractivity contribution in [3.8, 4) is 0 Å². The third-order valence-corrected chi connectivity index (χ3v) is 1.91. The zero-order valence-electron chi connectivity index (χ0n) is 7.47. The Bertz CT molecular complexity index is 206.